The Balaban J connectivity index is 1.52. The smallest absolute Gasteiger partial charge is 0.493 e. The average Bonchev–Trinajstić information content (AvgIpc) is 2.91. The fourth-order valence-electron chi connectivity index (χ4n) is 5.73. The number of amides is 1. The van der Waals surface area contributed by atoms with Gasteiger partial charge in [0, 0.05) is 51.8 Å². The zero-order valence-corrected chi connectivity index (χ0v) is 22.0. The quantitative estimate of drug-likeness (QED) is 0.312. The highest BCUT2D eigenvalue weighted by Gasteiger charge is 2.51. The summed E-state index contributed by atoms with van der Waals surface area (Å²) in [5.41, 5.74) is -0.704. The van der Waals surface area contributed by atoms with E-state index in [0.717, 1.165) is 34.7 Å². The summed E-state index contributed by atoms with van der Waals surface area (Å²) in [4.78, 5) is 14.0. The van der Waals surface area contributed by atoms with Crippen LogP contribution in [0.4, 0.5) is 26.3 Å². The predicted octanol–water partition coefficient (Wildman–Crippen LogP) is 5.62. The third-order valence-electron chi connectivity index (χ3n) is 7.75. The van der Waals surface area contributed by atoms with Gasteiger partial charge in [-0.2, -0.15) is 8.78 Å². The van der Waals surface area contributed by atoms with E-state index in [9.17, 15) is 22.4 Å². The molecule has 1 atom stereocenters. The maximum atomic E-state index is 15.3. The van der Waals surface area contributed by atoms with Crippen molar-refractivity contribution in [1.29, 1.82) is 0 Å². The zero-order valence-electron chi connectivity index (χ0n) is 22.0. The lowest BCUT2D eigenvalue weighted by Crippen LogP contribution is -2.53. The van der Waals surface area contributed by atoms with Crippen LogP contribution in [0.2, 0.25) is 0 Å². The summed E-state index contributed by atoms with van der Waals surface area (Å²) in [7, 11) is 1.58. The number of nitrogens with zero attached hydrogens (tertiary/aromatic N) is 1. The van der Waals surface area contributed by atoms with Gasteiger partial charge in [0.1, 0.15) is 17.3 Å². The summed E-state index contributed by atoms with van der Waals surface area (Å²) in [6.45, 7) is 2.06. The molecule has 40 heavy (non-hydrogen) atoms. The number of piperidine rings is 2. The molecule has 0 aromatic heterocycles. The Morgan fingerprint density at radius 2 is 1.75 bits per heavy atom. The largest absolute Gasteiger partial charge is 0.573 e. The van der Waals surface area contributed by atoms with Crippen LogP contribution in [0.1, 0.15) is 42.7 Å². The molecule has 2 aromatic rings. The Bertz CT molecular complexity index is 1170. The van der Waals surface area contributed by atoms with Gasteiger partial charge in [0.2, 0.25) is 0 Å². The van der Waals surface area contributed by atoms with E-state index in [4.69, 9.17) is 9.47 Å². The number of hydrogen-bond donors (Lipinski definition) is 1. The van der Waals surface area contributed by atoms with E-state index < -0.39 is 35.3 Å². The number of alkyl halides is 5. The van der Waals surface area contributed by atoms with Gasteiger partial charge in [-0.3, -0.25) is 4.79 Å². The van der Waals surface area contributed by atoms with E-state index >= 15 is 8.78 Å². The van der Waals surface area contributed by atoms with Crippen LogP contribution in [-0.2, 0) is 15.5 Å². The van der Waals surface area contributed by atoms with E-state index in [-0.39, 0.29) is 24.4 Å². The normalized spacial score (nSPS) is 19.5. The molecule has 2 aliphatic heterocycles. The van der Waals surface area contributed by atoms with Gasteiger partial charge < -0.3 is 24.4 Å². The standard InChI is InChI=1S/C28H32F6N2O4/c1-38-15-4-16-39-24-17-19(29)7-8-20(24)22-18-35-12-9-26(22)10-13-36(14-11-26)25(37)27(30,31)21-5-2-3-6-23(21)40-28(32,33)34/h2-3,5-8,17,22,35H,4,9-16,18H2,1H3. The van der Waals surface area contributed by atoms with Crippen molar-refractivity contribution in [2.24, 2.45) is 5.41 Å². The van der Waals surface area contributed by atoms with Gasteiger partial charge in [0.05, 0.1) is 12.2 Å². The minimum absolute atomic E-state index is 0.00155. The lowest BCUT2D eigenvalue weighted by atomic mass is 9.62. The summed E-state index contributed by atoms with van der Waals surface area (Å²) in [6, 6.07) is 8.15. The maximum Gasteiger partial charge on any atom is 0.573 e. The number of nitrogens with one attached hydrogen (secondary N) is 1. The predicted molar refractivity (Wildman–Crippen MR) is 134 cm³/mol. The molecule has 0 bridgehead atoms. The lowest BCUT2D eigenvalue weighted by molar-refractivity contribution is -0.275. The van der Waals surface area contributed by atoms with Crippen LogP contribution in [0.3, 0.4) is 0 Å². The Kier molecular flexibility index (Phi) is 9.19. The molecule has 6 nitrogen and oxygen atoms in total. The summed E-state index contributed by atoms with van der Waals surface area (Å²) in [5, 5.41) is 3.35. The van der Waals surface area contributed by atoms with Crippen LogP contribution in [0, 0.1) is 11.2 Å². The first-order valence-corrected chi connectivity index (χ1v) is 13.1. The summed E-state index contributed by atoms with van der Waals surface area (Å²) < 4.78 is 97.8. The number of hydrogen-bond acceptors (Lipinski definition) is 5. The van der Waals surface area contributed by atoms with Crippen molar-refractivity contribution in [3.8, 4) is 11.5 Å². The molecular formula is C28H32F6N2O4. The monoisotopic (exact) mass is 574 g/mol. The Morgan fingerprint density at radius 1 is 1.02 bits per heavy atom. The highest BCUT2D eigenvalue weighted by atomic mass is 19.4. The fraction of sp³-hybridized carbons (Fsp3) is 0.536. The highest BCUT2D eigenvalue weighted by Crippen LogP contribution is 2.51. The van der Waals surface area contributed by atoms with Gasteiger partial charge in [-0.15, -0.1) is 13.2 Å². The van der Waals surface area contributed by atoms with Crippen molar-refractivity contribution < 1.29 is 45.3 Å². The van der Waals surface area contributed by atoms with Crippen LogP contribution in [0.15, 0.2) is 42.5 Å². The van der Waals surface area contributed by atoms with Crippen molar-refractivity contribution in [2.75, 3.05) is 46.5 Å². The molecule has 1 spiro atoms. The highest BCUT2D eigenvalue weighted by molar-refractivity contribution is 5.85. The van der Waals surface area contributed by atoms with Crippen LogP contribution < -0.4 is 14.8 Å². The first-order chi connectivity index (χ1) is 19.0. The number of carbonyl (C=O) groups is 1. The molecule has 0 aliphatic carbocycles. The van der Waals surface area contributed by atoms with Gasteiger partial charge in [0.25, 0.3) is 5.91 Å². The Labute approximate surface area is 228 Å². The van der Waals surface area contributed by atoms with E-state index in [0.29, 0.717) is 57.7 Å². The van der Waals surface area contributed by atoms with E-state index in [1.165, 1.54) is 12.1 Å². The molecule has 0 radical (unpaired) electrons. The molecule has 2 heterocycles. The zero-order chi connectivity index (χ0) is 29.0. The van der Waals surface area contributed by atoms with Crippen molar-refractivity contribution in [2.45, 2.75) is 43.9 Å². The van der Waals surface area contributed by atoms with Gasteiger partial charge in [-0.25, -0.2) is 4.39 Å². The molecule has 2 fully saturated rings. The number of para-hydroxylation sites is 1. The van der Waals surface area contributed by atoms with Crippen LogP contribution in [-0.4, -0.2) is 63.7 Å². The Morgan fingerprint density at radius 3 is 2.45 bits per heavy atom. The molecule has 2 saturated heterocycles. The Hall–Kier alpha value is -2.99. The minimum atomic E-state index is -5.19. The summed E-state index contributed by atoms with van der Waals surface area (Å²) in [6.07, 6.45) is -3.09. The van der Waals surface area contributed by atoms with E-state index in [1.807, 2.05) is 0 Å². The van der Waals surface area contributed by atoms with Gasteiger partial charge >= 0.3 is 12.3 Å². The molecule has 0 saturated carbocycles. The minimum Gasteiger partial charge on any atom is -0.493 e. The number of methoxy groups -OCH3 is 1. The molecule has 2 aromatic carbocycles. The molecule has 1 N–H and O–H groups in total. The first-order valence-electron chi connectivity index (χ1n) is 13.1. The van der Waals surface area contributed by atoms with Crippen LogP contribution >= 0.6 is 0 Å². The number of halogens is 6. The van der Waals surface area contributed by atoms with Crippen LogP contribution in [0.5, 0.6) is 11.5 Å². The van der Waals surface area contributed by atoms with Crippen molar-refractivity contribution in [1.82, 2.24) is 10.2 Å². The second kappa shape index (κ2) is 12.3. The van der Waals surface area contributed by atoms with Crippen molar-refractivity contribution in [3.63, 3.8) is 0 Å². The molecule has 220 valence electrons. The van der Waals surface area contributed by atoms with E-state index in [2.05, 4.69) is 10.1 Å². The second-order valence-electron chi connectivity index (χ2n) is 10.2. The molecular weight excluding hydrogens is 542 g/mol. The lowest BCUT2D eigenvalue weighted by Gasteiger charge is -2.50. The number of benzene rings is 2. The molecule has 1 amide bonds. The third-order valence-corrected chi connectivity index (χ3v) is 7.75. The van der Waals surface area contributed by atoms with Gasteiger partial charge in [-0.1, -0.05) is 18.2 Å². The number of likely N-dealkylation sites (tertiary alicyclic amines) is 1. The molecule has 4 rings (SSSR count). The van der Waals surface area contributed by atoms with Gasteiger partial charge in [0.15, 0.2) is 0 Å². The topological polar surface area (TPSA) is 60.0 Å². The average molecular weight is 575 g/mol. The number of ether oxygens (including phenoxy) is 3. The third kappa shape index (κ3) is 6.65. The summed E-state index contributed by atoms with van der Waals surface area (Å²) in [5.74, 6) is -7.07. The van der Waals surface area contributed by atoms with Gasteiger partial charge in [-0.05, 0) is 55.0 Å². The number of carbonyl (C=O) groups excluding carboxylic acids is 1. The second-order valence-corrected chi connectivity index (χ2v) is 10.2. The molecule has 1 unspecified atom stereocenters. The maximum absolute atomic E-state index is 15.3. The van der Waals surface area contributed by atoms with Crippen molar-refractivity contribution in [3.05, 3.63) is 59.4 Å². The molecule has 2 aliphatic rings. The fourth-order valence-corrected chi connectivity index (χ4v) is 5.73. The SMILES string of the molecule is COCCCOc1cc(F)ccc1C1CNCCC12CCN(C(=O)C(F)(F)c1ccccc1OC(F)(F)F)CC2. The molecule has 12 heteroatoms. The van der Waals surface area contributed by atoms with E-state index in [1.54, 1.807) is 13.2 Å². The number of rotatable bonds is 9. The van der Waals surface area contributed by atoms with Crippen molar-refractivity contribution >= 4 is 5.91 Å². The van der Waals surface area contributed by atoms with Crippen LogP contribution in [0.25, 0.3) is 0 Å². The first kappa shape index (κ1) is 30.0. The summed E-state index contributed by atoms with van der Waals surface area (Å²) >= 11 is 0.